The summed E-state index contributed by atoms with van der Waals surface area (Å²) in [5.41, 5.74) is 14.8. The molecule has 0 aliphatic heterocycles. The first kappa shape index (κ1) is 9.87. The van der Waals surface area contributed by atoms with Gasteiger partial charge >= 0.3 is 0 Å². The molecular weight excluding hydrogens is 208 g/mol. The Morgan fingerprint density at radius 2 is 1.53 bits per heavy atom. The first-order chi connectivity index (χ1) is 7.18. The summed E-state index contributed by atoms with van der Waals surface area (Å²) in [7, 11) is 0. The third-order valence-corrected chi connectivity index (χ3v) is 2.58. The lowest BCUT2D eigenvalue weighted by Crippen LogP contribution is -1.94. The first-order valence-corrected chi connectivity index (χ1v) is 4.96. The van der Waals surface area contributed by atoms with Crippen LogP contribution in [0.15, 0.2) is 42.5 Å². The van der Waals surface area contributed by atoms with Crippen LogP contribution in [0.3, 0.4) is 0 Å². The van der Waals surface area contributed by atoms with Gasteiger partial charge in [-0.3, -0.25) is 0 Å². The van der Waals surface area contributed by atoms with Gasteiger partial charge in [0, 0.05) is 11.3 Å². The molecule has 0 aliphatic carbocycles. The van der Waals surface area contributed by atoms with Crippen LogP contribution in [0.2, 0.25) is 5.02 Å². The number of rotatable bonds is 1. The van der Waals surface area contributed by atoms with E-state index in [1.54, 1.807) is 12.1 Å². The zero-order valence-electron chi connectivity index (χ0n) is 8.07. The molecule has 2 aromatic rings. The average Bonchev–Trinajstić information content (AvgIpc) is 2.25. The summed E-state index contributed by atoms with van der Waals surface area (Å²) in [6.07, 6.45) is 0. The molecule has 0 aromatic heterocycles. The predicted octanol–water partition coefficient (Wildman–Crippen LogP) is 3.17. The van der Waals surface area contributed by atoms with Crippen molar-refractivity contribution >= 4 is 23.0 Å². The number of nitrogens with two attached hydrogens (primary N) is 2. The van der Waals surface area contributed by atoms with E-state index in [2.05, 4.69) is 0 Å². The lowest BCUT2D eigenvalue weighted by atomic mass is 10.0. The monoisotopic (exact) mass is 218 g/mol. The topological polar surface area (TPSA) is 52.0 Å². The molecule has 0 bridgehead atoms. The number of nitrogen functional groups attached to an aromatic ring is 2. The molecule has 0 radical (unpaired) electrons. The number of hydrogen-bond acceptors (Lipinski definition) is 2. The van der Waals surface area contributed by atoms with Crippen molar-refractivity contribution in [1.29, 1.82) is 0 Å². The second kappa shape index (κ2) is 3.83. The minimum atomic E-state index is 0.493. The second-order valence-electron chi connectivity index (χ2n) is 3.33. The molecule has 0 saturated heterocycles. The number of benzene rings is 2. The Morgan fingerprint density at radius 3 is 2.20 bits per heavy atom. The van der Waals surface area contributed by atoms with Crippen molar-refractivity contribution in [3.63, 3.8) is 0 Å². The highest BCUT2D eigenvalue weighted by Gasteiger charge is 2.05. The third-order valence-electron chi connectivity index (χ3n) is 2.25. The Kier molecular flexibility index (Phi) is 2.52. The maximum Gasteiger partial charge on any atom is 0.0656 e. The third kappa shape index (κ3) is 1.90. The summed E-state index contributed by atoms with van der Waals surface area (Å²) in [5.74, 6) is 0. The Morgan fingerprint density at radius 1 is 0.867 bits per heavy atom. The van der Waals surface area contributed by atoms with Gasteiger partial charge in [0.15, 0.2) is 0 Å². The van der Waals surface area contributed by atoms with Gasteiger partial charge in [-0.05, 0) is 17.7 Å². The molecule has 0 unspecified atom stereocenters. The van der Waals surface area contributed by atoms with E-state index in [1.807, 2.05) is 30.3 Å². The van der Waals surface area contributed by atoms with Gasteiger partial charge in [-0.1, -0.05) is 41.9 Å². The number of anilines is 2. The van der Waals surface area contributed by atoms with Gasteiger partial charge in [-0.2, -0.15) is 0 Å². The molecule has 15 heavy (non-hydrogen) atoms. The van der Waals surface area contributed by atoms with Gasteiger partial charge in [-0.15, -0.1) is 0 Å². The maximum atomic E-state index is 5.88. The maximum absolute atomic E-state index is 5.88. The van der Waals surface area contributed by atoms with E-state index in [0.717, 1.165) is 11.1 Å². The van der Waals surface area contributed by atoms with Crippen molar-refractivity contribution in [2.75, 3.05) is 11.5 Å². The fourth-order valence-electron chi connectivity index (χ4n) is 1.47. The summed E-state index contributed by atoms with van der Waals surface area (Å²) < 4.78 is 0. The fourth-order valence-corrected chi connectivity index (χ4v) is 1.65. The molecular formula is C12H11ClN2. The minimum absolute atomic E-state index is 0.493. The minimum Gasteiger partial charge on any atom is -0.398 e. The molecule has 0 saturated carbocycles. The molecule has 0 amide bonds. The largest absolute Gasteiger partial charge is 0.398 e. The summed E-state index contributed by atoms with van der Waals surface area (Å²) >= 11 is 5.87. The van der Waals surface area contributed by atoms with Gasteiger partial charge in [0.1, 0.15) is 0 Å². The zero-order chi connectivity index (χ0) is 10.8. The molecule has 2 rings (SSSR count). The van der Waals surface area contributed by atoms with E-state index in [-0.39, 0.29) is 0 Å². The average molecular weight is 219 g/mol. The summed E-state index contributed by atoms with van der Waals surface area (Å²) in [4.78, 5) is 0. The lowest BCUT2D eigenvalue weighted by Gasteiger charge is -2.08. The summed E-state index contributed by atoms with van der Waals surface area (Å²) in [6, 6.07) is 13.3. The van der Waals surface area contributed by atoms with Gasteiger partial charge in [0.2, 0.25) is 0 Å². The lowest BCUT2D eigenvalue weighted by molar-refractivity contribution is 1.60. The predicted molar refractivity (Wildman–Crippen MR) is 65.7 cm³/mol. The van der Waals surface area contributed by atoms with Crippen LogP contribution < -0.4 is 11.5 Å². The Labute approximate surface area is 93.5 Å². The Bertz CT molecular complexity index is 480. The smallest absolute Gasteiger partial charge is 0.0656 e. The highest BCUT2D eigenvalue weighted by atomic mass is 35.5. The van der Waals surface area contributed by atoms with E-state index in [1.165, 1.54) is 0 Å². The quantitative estimate of drug-likeness (QED) is 0.723. The fraction of sp³-hybridized carbons (Fsp3) is 0. The van der Waals surface area contributed by atoms with Crippen LogP contribution in [0.25, 0.3) is 11.1 Å². The van der Waals surface area contributed by atoms with Crippen molar-refractivity contribution in [2.24, 2.45) is 0 Å². The Hall–Kier alpha value is -1.67. The number of halogens is 1. The van der Waals surface area contributed by atoms with Gasteiger partial charge in [0.25, 0.3) is 0 Å². The molecule has 76 valence electrons. The van der Waals surface area contributed by atoms with E-state index < -0.39 is 0 Å². The van der Waals surface area contributed by atoms with Crippen LogP contribution in [0.4, 0.5) is 11.4 Å². The second-order valence-corrected chi connectivity index (χ2v) is 3.73. The van der Waals surface area contributed by atoms with Crippen LogP contribution in [-0.4, -0.2) is 0 Å². The van der Waals surface area contributed by atoms with Crippen LogP contribution in [0, 0.1) is 0 Å². The summed E-state index contributed by atoms with van der Waals surface area (Å²) in [5, 5.41) is 0.493. The molecule has 0 heterocycles. The zero-order valence-corrected chi connectivity index (χ0v) is 8.83. The van der Waals surface area contributed by atoms with Crippen molar-refractivity contribution in [3.8, 4) is 11.1 Å². The van der Waals surface area contributed by atoms with Gasteiger partial charge in [0.05, 0.1) is 10.7 Å². The van der Waals surface area contributed by atoms with Gasteiger partial charge < -0.3 is 11.5 Å². The Balaban J connectivity index is 2.59. The van der Waals surface area contributed by atoms with E-state index >= 15 is 0 Å². The van der Waals surface area contributed by atoms with Crippen molar-refractivity contribution in [2.45, 2.75) is 0 Å². The van der Waals surface area contributed by atoms with Gasteiger partial charge in [-0.25, -0.2) is 0 Å². The van der Waals surface area contributed by atoms with Crippen LogP contribution >= 0.6 is 11.6 Å². The molecule has 2 nitrogen and oxygen atoms in total. The van der Waals surface area contributed by atoms with Crippen LogP contribution in [-0.2, 0) is 0 Å². The molecule has 0 atom stereocenters. The molecule has 0 spiro atoms. The van der Waals surface area contributed by atoms with Crippen LogP contribution in [0.5, 0.6) is 0 Å². The molecule has 2 aromatic carbocycles. The standard InChI is InChI=1S/C12H11ClN2/c13-10-7-11(14)9(6-12(10)15)8-4-2-1-3-5-8/h1-7H,14-15H2. The highest BCUT2D eigenvalue weighted by molar-refractivity contribution is 6.33. The molecule has 0 aliphatic rings. The van der Waals surface area contributed by atoms with E-state index in [0.29, 0.717) is 16.4 Å². The first-order valence-electron chi connectivity index (χ1n) is 4.58. The normalized spacial score (nSPS) is 10.2. The van der Waals surface area contributed by atoms with Crippen molar-refractivity contribution in [3.05, 3.63) is 47.5 Å². The molecule has 3 heteroatoms. The number of hydrogen-bond donors (Lipinski definition) is 2. The van der Waals surface area contributed by atoms with Crippen molar-refractivity contribution < 1.29 is 0 Å². The molecule has 0 fully saturated rings. The molecule has 4 N–H and O–H groups in total. The van der Waals surface area contributed by atoms with Crippen molar-refractivity contribution in [1.82, 2.24) is 0 Å². The SMILES string of the molecule is Nc1cc(-c2ccccc2)c(N)cc1Cl. The summed E-state index contributed by atoms with van der Waals surface area (Å²) in [6.45, 7) is 0. The highest BCUT2D eigenvalue weighted by Crippen LogP contribution is 2.32. The van der Waals surface area contributed by atoms with E-state index in [9.17, 15) is 0 Å². The van der Waals surface area contributed by atoms with Crippen LogP contribution in [0.1, 0.15) is 0 Å². The van der Waals surface area contributed by atoms with E-state index in [4.69, 9.17) is 23.1 Å².